The second-order valence-electron chi connectivity index (χ2n) is 2.44. The fourth-order valence-corrected chi connectivity index (χ4v) is 1.53. The summed E-state index contributed by atoms with van der Waals surface area (Å²) < 4.78 is 17.6. The molecule has 0 fully saturated rings. The maximum Gasteiger partial charge on any atom is 0.218 e. The molecule has 0 N–H and O–H groups in total. The van der Waals surface area contributed by atoms with E-state index >= 15 is 0 Å². The summed E-state index contributed by atoms with van der Waals surface area (Å²) in [5.74, 6) is -0.255. The van der Waals surface area contributed by atoms with E-state index in [2.05, 4.69) is 15.9 Å². The maximum absolute atomic E-state index is 12.6. The average molecular weight is 231 g/mol. The predicted octanol–water partition coefficient (Wildman–Crippen LogP) is 2.12. The second kappa shape index (κ2) is 2.55. The van der Waals surface area contributed by atoms with Crippen molar-refractivity contribution in [3.05, 3.63) is 29.6 Å². The van der Waals surface area contributed by atoms with Crippen LogP contribution in [0.15, 0.2) is 18.2 Å². The fourth-order valence-electron chi connectivity index (χ4n) is 1.08. The van der Waals surface area contributed by atoms with Gasteiger partial charge in [0.1, 0.15) is 11.6 Å². The van der Waals surface area contributed by atoms with Gasteiger partial charge in [0.05, 0.1) is 5.56 Å². The number of alkyl halides is 1. The molecule has 62 valence electrons. The molecule has 0 aliphatic carbocycles. The van der Waals surface area contributed by atoms with E-state index < -0.39 is 10.8 Å². The van der Waals surface area contributed by atoms with Gasteiger partial charge in [0.2, 0.25) is 10.8 Å². The minimum atomic E-state index is -0.658. The molecule has 0 aromatic heterocycles. The molecule has 0 amide bonds. The molecule has 1 aromatic carbocycles. The Morgan fingerprint density at radius 2 is 2.25 bits per heavy atom. The molecular weight excluding hydrogens is 227 g/mol. The quantitative estimate of drug-likeness (QED) is 0.639. The van der Waals surface area contributed by atoms with Crippen LogP contribution in [0.5, 0.6) is 5.75 Å². The molecule has 0 saturated heterocycles. The third-order valence-electron chi connectivity index (χ3n) is 1.65. The Morgan fingerprint density at radius 3 is 3.00 bits per heavy atom. The molecule has 1 aliphatic rings. The van der Waals surface area contributed by atoms with Crippen LogP contribution < -0.4 is 4.74 Å². The second-order valence-corrected chi connectivity index (χ2v) is 3.27. The lowest BCUT2D eigenvalue weighted by Gasteiger charge is -1.97. The summed E-state index contributed by atoms with van der Waals surface area (Å²) in [5.41, 5.74) is 0.429. The highest BCUT2D eigenvalue weighted by molar-refractivity contribution is 9.09. The highest BCUT2D eigenvalue weighted by Crippen LogP contribution is 2.31. The Hall–Kier alpha value is -0.900. The molecule has 0 bridgehead atoms. The number of Topliss-reactive ketones (excluding diaryl/α,β-unsaturated/α-hetero) is 1. The first-order chi connectivity index (χ1) is 5.68. The summed E-state index contributed by atoms with van der Waals surface area (Å²) in [6, 6.07) is 3.87. The zero-order valence-electron chi connectivity index (χ0n) is 5.88. The van der Waals surface area contributed by atoms with Crippen LogP contribution in [-0.2, 0) is 0 Å². The molecular formula is C8H4BrFO2. The first-order valence-corrected chi connectivity index (χ1v) is 4.24. The number of hydrogen-bond acceptors (Lipinski definition) is 2. The molecule has 12 heavy (non-hydrogen) atoms. The molecule has 2 rings (SSSR count). The van der Waals surface area contributed by atoms with E-state index in [9.17, 15) is 9.18 Å². The first-order valence-electron chi connectivity index (χ1n) is 3.33. The number of ether oxygens (including phenoxy) is 1. The van der Waals surface area contributed by atoms with Crippen molar-refractivity contribution in [3.8, 4) is 5.75 Å². The molecule has 0 spiro atoms. The van der Waals surface area contributed by atoms with Crippen LogP contribution >= 0.6 is 15.9 Å². The van der Waals surface area contributed by atoms with Crippen molar-refractivity contribution in [2.45, 2.75) is 5.01 Å². The van der Waals surface area contributed by atoms with Gasteiger partial charge in [-0.15, -0.1) is 0 Å². The van der Waals surface area contributed by atoms with Gasteiger partial charge in [-0.25, -0.2) is 4.39 Å². The molecule has 0 radical (unpaired) electrons. The zero-order chi connectivity index (χ0) is 8.72. The number of rotatable bonds is 0. The van der Waals surface area contributed by atoms with Gasteiger partial charge in [0.15, 0.2) is 0 Å². The van der Waals surface area contributed by atoms with E-state index in [1.165, 1.54) is 18.2 Å². The number of ketones is 1. The Morgan fingerprint density at radius 1 is 1.50 bits per heavy atom. The van der Waals surface area contributed by atoms with Crippen molar-refractivity contribution >= 4 is 21.7 Å². The van der Waals surface area contributed by atoms with Gasteiger partial charge in [-0.1, -0.05) is 0 Å². The van der Waals surface area contributed by atoms with Crippen LogP contribution in [-0.4, -0.2) is 10.8 Å². The van der Waals surface area contributed by atoms with Gasteiger partial charge in [0.25, 0.3) is 0 Å². The molecule has 1 atom stereocenters. The van der Waals surface area contributed by atoms with Crippen LogP contribution in [0, 0.1) is 5.82 Å². The van der Waals surface area contributed by atoms with Gasteiger partial charge in [0, 0.05) is 6.07 Å². The molecule has 4 heteroatoms. The van der Waals surface area contributed by atoms with E-state index in [4.69, 9.17) is 4.74 Å². The van der Waals surface area contributed by atoms with E-state index in [1.807, 2.05) is 0 Å². The van der Waals surface area contributed by atoms with Crippen molar-refractivity contribution in [3.63, 3.8) is 0 Å². The topological polar surface area (TPSA) is 26.3 Å². The van der Waals surface area contributed by atoms with Crippen molar-refractivity contribution in [2.24, 2.45) is 0 Å². The number of hydrogen-bond donors (Lipinski definition) is 0. The highest BCUT2D eigenvalue weighted by atomic mass is 79.9. The average Bonchev–Trinajstić information content (AvgIpc) is 2.28. The monoisotopic (exact) mass is 230 g/mol. The van der Waals surface area contributed by atoms with E-state index in [0.717, 1.165) is 0 Å². The highest BCUT2D eigenvalue weighted by Gasteiger charge is 2.30. The summed E-state index contributed by atoms with van der Waals surface area (Å²) in [7, 11) is 0. The van der Waals surface area contributed by atoms with Crippen molar-refractivity contribution < 1.29 is 13.9 Å². The summed E-state index contributed by atoms with van der Waals surface area (Å²) in [6.07, 6.45) is 0. The van der Waals surface area contributed by atoms with Crippen molar-refractivity contribution in [2.75, 3.05) is 0 Å². The van der Waals surface area contributed by atoms with Gasteiger partial charge >= 0.3 is 0 Å². The number of fused-ring (bicyclic) bond motifs is 1. The normalized spacial score (nSPS) is 20.5. The molecule has 0 saturated carbocycles. The van der Waals surface area contributed by atoms with Crippen LogP contribution in [0.4, 0.5) is 4.39 Å². The summed E-state index contributed by atoms with van der Waals surface area (Å²) >= 11 is 3.01. The van der Waals surface area contributed by atoms with Gasteiger partial charge < -0.3 is 4.74 Å². The van der Waals surface area contributed by atoms with Crippen molar-refractivity contribution in [1.29, 1.82) is 0 Å². The molecule has 2 nitrogen and oxygen atoms in total. The van der Waals surface area contributed by atoms with E-state index in [0.29, 0.717) is 11.3 Å². The number of benzene rings is 1. The molecule has 0 unspecified atom stereocenters. The third kappa shape index (κ3) is 1.03. The van der Waals surface area contributed by atoms with Gasteiger partial charge in [-0.2, -0.15) is 0 Å². The van der Waals surface area contributed by atoms with E-state index in [1.54, 1.807) is 0 Å². The Labute approximate surface area is 76.5 Å². The minimum absolute atomic E-state index is 0.162. The van der Waals surface area contributed by atoms with Crippen LogP contribution in [0.2, 0.25) is 0 Å². The van der Waals surface area contributed by atoms with E-state index in [-0.39, 0.29) is 5.78 Å². The number of carbonyl (C=O) groups excluding carboxylic acids is 1. The smallest absolute Gasteiger partial charge is 0.218 e. The van der Waals surface area contributed by atoms with Crippen LogP contribution in [0.3, 0.4) is 0 Å². The fraction of sp³-hybridized carbons (Fsp3) is 0.125. The lowest BCUT2D eigenvalue weighted by atomic mass is 10.1. The lowest BCUT2D eigenvalue weighted by molar-refractivity contribution is 0.0942. The summed E-state index contributed by atoms with van der Waals surface area (Å²) in [5, 5.41) is -0.658. The SMILES string of the molecule is O=C1c2ccc(F)cc2O[C@H]1Br. The summed E-state index contributed by atoms with van der Waals surface area (Å²) in [4.78, 5) is 11.2. The first kappa shape index (κ1) is 7.73. The number of halogens is 2. The molecule has 1 aromatic rings. The Balaban J connectivity index is 2.54. The van der Waals surface area contributed by atoms with Gasteiger partial charge in [-0.05, 0) is 28.1 Å². The standard InChI is InChI=1S/C8H4BrFO2/c9-8-7(11)5-2-1-4(10)3-6(5)12-8/h1-3,8H/t8-/m1/s1. The largest absolute Gasteiger partial charge is 0.470 e. The maximum atomic E-state index is 12.6. The molecule has 1 aliphatic heterocycles. The molecule has 1 heterocycles. The van der Waals surface area contributed by atoms with Crippen LogP contribution in [0.1, 0.15) is 10.4 Å². The lowest BCUT2D eigenvalue weighted by Crippen LogP contribution is -2.10. The number of carbonyl (C=O) groups is 1. The Bertz CT molecular complexity index is 351. The predicted molar refractivity (Wildman–Crippen MR) is 44.1 cm³/mol. The van der Waals surface area contributed by atoms with Crippen molar-refractivity contribution in [1.82, 2.24) is 0 Å². The van der Waals surface area contributed by atoms with Gasteiger partial charge in [-0.3, -0.25) is 4.79 Å². The Kier molecular flexibility index (Phi) is 1.65. The minimum Gasteiger partial charge on any atom is -0.470 e. The van der Waals surface area contributed by atoms with Crippen LogP contribution in [0.25, 0.3) is 0 Å². The summed E-state index contributed by atoms with van der Waals surface area (Å²) in [6.45, 7) is 0. The third-order valence-corrected chi connectivity index (χ3v) is 2.25. The zero-order valence-corrected chi connectivity index (χ0v) is 7.47.